The number of ether oxygens (including phenoxy) is 1. The second-order valence-electron chi connectivity index (χ2n) is 5.03. The van der Waals surface area contributed by atoms with Crippen LogP contribution < -0.4 is 0 Å². The lowest BCUT2D eigenvalue weighted by Crippen LogP contribution is -2.13. The average Bonchev–Trinajstić information content (AvgIpc) is 2.83. The van der Waals surface area contributed by atoms with Gasteiger partial charge in [0.1, 0.15) is 6.61 Å². The molecule has 2 aromatic carbocycles. The van der Waals surface area contributed by atoms with E-state index in [9.17, 15) is 13.2 Å². The van der Waals surface area contributed by atoms with Crippen molar-refractivity contribution < 1.29 is 22.1 Å². The van der Waals surface area contributed by atoms with Gasteiger partial charge in [-0.05, 0) is 25.1 Å². The molecule has 0 N–H and O–H groups in total. The summed E-state index contributed by atoms with van der Waals surface area (Å²) in [7, 11) is -3.88. The third-order valence-corrected chi connectivity index (χ3v) is 4.76. The number of aryl methyl sites for hydroxylation is 1. The number of carbonyl (C=O) groups excluding carboxylic acids is 1. The molecule has 1 aliphatic heterocycles. The Bertz CT molecular complexity index is 809. The molecule has 0 fully saturated rings. The maximum absolute atomic E-state index is 12.1. The maximum Gasteiger partial charge on any atom is 0.339 e. The van der Waals surface area contributed by atoms with Crippen LogP contribution in [0.3, 0.4) is 0 Å². The highest BCUT2D eigenvalue weighted by Gasteiger charge is 2.32. The van der Waals surface area contributed by atoms with Crippen molar-refractivity contribution >= 4 is 16.1 Å². The zero-order valence-electron chi connectivity index (χ0n) is 11.9. The lowest BCUT2D eigenvalue weighted by molar-refractivity contribution is 0.0274. The quantitative estimate of drug-likeness (QED) is 0.640. The van der Waals surface area contributed by atoms with E-state index in [1.54, 1.807) is 36.4 Å². The maximum atomic E-state index is 12.1. The highest BCUT2D eigenvalue weighted by Crippen LogP contribution is 2.31. The van der Waals surface area contributed by atoms with Gasteiger partial charge in [-0.1, -0.05) is 35.9 Å². The molecule has 0 aliphatic carbocycles. The van der Waals surface area contributed by atoms with Crippen molar-refractivity contribution in [2.75, 3.05) is 6.61 Å². The van der Waals surface area contributed by atoms with E-state index >= 15 is 0 Å². The van der Waals surface area contributed by atoms with E-state index in [-0.39, 0.29) is 11.5 Å². The summed E-state index contributed by atoms with van der Waals surface area (Å²) in [6, 6.07) is 13.2. The van der Waals surface area contributed by atoms with Crippen LogP contribution in [0.2, 0.25) is 0 Å². The molecule has 3 rings (SSSR count). The van der Waals surface area contributed by atoms with Crippen LogP contribution in [0.1, 0.15) is 27.6 Å². The van der Waals surface area contributed by atoms with Crippen molar-refractivity contribution in [1.82, 2.24) is 0 Å². The third-order valence-electron chi connectivity index (χ3n) is 3.46. The summed E-state index contributed by atoms with van der Waals surface area (Å²) >= 11 is 0. The van der Waals surface area contributed by atoms with Gasteiger partial charge in [0.05, 0.1) is 10.5 Å². The summed E-state index contributed by atoms with van der Waals surface area (Å²) in [6.45, 7) is 1.63. The SMILES string of the molecule is Cc1ccc(S(=O)(=O)OCC2OC(=O)c3ccccc32)cc1. The lowest BCUT2D eigenvalue weighted by atomic mass is 10.1. The van der Waals surface area contributed by atoms with Crippen LogP contribution in [0.15, 0.2) is 53.4 Å². The molecule has 0 spiro atoms. The van der Waals surface area contributed by atoms with Crippen molar-refractivity contribution in [3.8, 4) is 0 Å². The first-order valence-corrected chi connectivity index (χ1v) is 8.14. The fourth-order valence-electron chi connectivity index (χ4n) is 2.27. The first-order valence-electron chi connectivity index (χ1n) is 6.73. The standard InChI is InChI=1S/C16H14O5S/c1-11-6-8-12(9-7-11)22(18,19)20-10-15-13-4-2-3-5-14(13)16(17)21-15/h2-9,15H,10H2,1H3. The monoisotopic (exact) mass is 318 g/mol. The minimum atomic E-state index is -3.88. The molecule has 0 radical (unpaired) electrons. The van der Waals surface area contributed by atoms with E-state index in [0.717, 1.165) is 5.56 Å². The van der Waals surface area contributed by atoms with Gasteiger partial charge in [0.25, 0.3) is 10.1 Å². The molecule has 22 heavy (non-hydrogen) atoms. The highest BCUT2D eigenvalue weighted by molar-refractivity contribution is 7.86. The van der Waals surface area contributed by atoms with E-state index in [0.29, 0.717) is 11.1 Å². The molecule has 0 aromatic heterocycles. The Labute approximate surface area is 128 Å². The number of esters is 1. The number of carbonyl (C=O) groups is 1. The Morgan fingerprint density at radius 2 is 1.77 bits per heavy atom. The predicted molar refractivity (Wildman–Crippen MR) is 78.9 cm³/mol. The molecule has 1 heterocycles. The van der Waals surface area contributed by atoms with E-state index in [1.165, 1.54) is 12.1 Å². The molecule has 0 saturated carbocycles. The van der Waals surface area contributed by atoms with E-state index in [2.05, 4.69) is 0 Å². The smallest absolute Gasteiger partial charge is 0.339 e. The summed E-state index contributed by atoms with van der Waals surface area (Å²) in [5.41, 5.74) is 2.05. The molecule has 0 amide bonds. The van der Waals surface area contributed by atoms with Crippen LogP contribution in [0.4, 0.5) is 0 Å². The number of benzene rings is 2. The Morgan fingerprint density at radius 3 is 2.50 bits per heavy atom. The fourth-order valence-corrected chi connectivity index (χ4v) is 3.18. The molecule has 1 unspecified atom stereocenters. The molecule has 1 atom stereocenters. The zero-order valence-corrected chi connectivity index (χ0v) is 12.7. The summed E-state index contributed by atoms with van der Waals surface area (Å²) in [5.74, 6) is -0.461. The van der Waals surface area contributed by atoms with Crippen molar-refractivity contribution in [3.05, 3.63) is 65.2 Å². The van der Waals surface area contributed by atoms with Gasteiger partial charge in [0.15, 0.2) is 6.10 Å². The minimum Gasteiger partial charge on any atom is -0.451 e. The van der Waals surface area contributed by atoms with Crippen LogP contribution in [0, 0.1) is 6.92 Å². The molecule has 114 valence electrons. The lowest BCUT2D eigenvalue weighted by Gasteiger charge is -2.11. The van der Waals surface area contributed by atoms with Crippen molar-refractivity contribution in [2.24, 2.45) is 0 Å². The zero-order chi connectivity index (χ0) is 15.7. The Hall–Kier alpha value is -2.18. The van der Waals surface area contributed by atoms with Gasteiger partial charge in [-0.15, -0.1) is 0 Å². The Balaban J connectivity index is 1.76. The third kappa shape index (κ3) is 2.75. The van der Waals surface area contributed by atoms with E-state index < -0.39 is 22.2 Å². The molecular formula is C16H14O5S. The van der Waals surface area contributed by atoms with E-state index in [4.69, 9.17) is 8.92 Å². The predicted octanol–water partition coefficient (Wildman–Crippen LogP) is 2.61. The molecule has 0 saturated heterocycles. The van der Waals surface area contributed by atoms with Crippen LogP contribution in [0.25, 0.3) is 0 Å². The van der Waals surface area contributed by atoms with Gasteiger partial charge in [-0.3, -0.25) is 4.18 Å². The van der Waals surface area contributed by atoms with Crippen molar-refractivity contribution in [1.29, 1.82) is 0 Å². The summed E-state index contributed by atoms with van der Waals surface area (Å²) in [6.07, 6.45) is -0.705. The minimum absolute atomic E-state index is 0.0794. The number of hydrogen-bond acceptors (Lipinski definition) is 5. The number of fused-ring (bicyclic) bond motifs is 1. The average molecular weight is 318 g/mol. The van der Waals surface area contributed by atoms with Gasteiger partial charge < -0.3 is 4.74 Å². The van der Waals surface area contributed by atoms with Crippen LogP contribution in [0.5, 0.6) is 0 Å². The Morgan fingerprint density at radius 1 is 1.09 bits per heavy atom. The summed E-state index contributed by atoms with van der Waals surface area (Å²) in [4.78, 5) is 11.8. The van der Waals surface area contributed by atoms with Crippen molar-refractivity contribution in [3.63, 3.8) is 0 Å². The van der Waals surface area contributed by atoms with Crippen LogP contribution in [-0.2, 0) is 19.0 Å². The number of hydrogen-bond donors (Lipinski definition) is 0. The first kappa shape index (κ1) is 14.7. The number of cyclic esters (lactones) is 1. The molecular weight excluding hydrogens is 304 g/mol. The largest absolute Gasteiger partial charge is 0.451 e. The highest BCUT2D eigenvalue weighted by atomic mass is 32.2. The first-order chi connectivity index (χ1) is 10.5. The second-order valence-corrected chi connectivity index (χ2v) is 6.65. The van der Waals surface area contributed by atoms with Crippen molar-refractivity contribution in [2.45, 2.75) is 17.9 Å². The van der Waals surface area contributed by atoms with Gasteiger partial charge in [0.2, 0.25) is 0 Å². The van der Waals surface area contributed by atoms with Gasteiger partial charge in [0, 0.05) is 5.56 Å². The fraction of sp³-hybridized carbons (Fsp3) is 0.188. The van der Waals surface area contributed by atoms with Crippen LogP contribution in [-0.4, -0.2) is 21.0 Å². The molecule has 5 nitrogen and oxygen atoms in total. The van der Waals surface area contributed by atoms with Crippen LogP contribution >= 0.6 is 0 Å². The normalized spacial score (nSPS) is 17.1. The Kier molecular flexibility index (Phi) is 3.72. The second kappa shape index (κ2) is 5.55. The molecule has 1 aliphatic rings. The topological polar surface area (TPSA) is 69.7 Å². The molecule has 6 heteroatoms. The molecule has 0 bridgehead atoms. The summed E-state index contributed by atoms with van der Waals surface area (Å²) in [5, 5.41) is 0. The van der Waals surface area contributed by atoms with Gasteiger partial charge in [-0.25, -0.2) is 4.79 Å². The number of rotatable bonds is 4. The summed E-state index contributed by atoms with van der Waals surface area (Å²) < 4.78 is 34.5. The van der Waals surface area contributed by atoms with E-state index in [1.807, 2.05) is 6.92 Å². The van der Waals surface area contributed by atoms with Gasteiger partial charge in [-0.2, -0.15) is 8.42 Å². The van der Waals surface area contributed by atoms with Gasteiger partial charge >= 0.3 is 5.97 Å². The molecule has 2 aromatic rings.